The second kappa shape index (κ2) is 4.15. The molecule has 0 N–H and O–H groups in total. The zero-order valence-electron chi connectivity index (χ0n) is 7.44. The summed E-state index contributed by atoms with van der Waals surface area (Å²) < 4.78 is 0. The highest BCUT2D eigenvalue weighted by molar-refractivity contribution is 6.20. The Balaban J connectivity index is 2.47. The lowest BCUT2D eigenvalue weighted by Gasteiger charge is -2.20. The molecule has 64 valence electrons. The fraction of sp³-hybridized carbons (Fsp3) is 0.800. The van der Waals surface area contributed by atoms with Crippen LogP contribution in [0.2, 0.25) is 0 Å². The Morgan fingerprint density at radius 3 is 2.91 bits per heavy atom. The van der Waals surface area contributed by atoms with Crippen LogP contribution in [-0.2, 0) is 0 Å². The Bertz CT molecular complexity index is 149. The van der Waals surface area contributed by atoms with Crippen molar-refractivity contribution in [2.24, 2.45) is 5.92 Å². The summed E-state index contributed by atoms with van der Waals surface area (Å²) >= 11 is 5.99. The number of allylic oxidation sites excluding steroid dienone is 2. The molecule has 0 nitrogen and oxygen atoms in total. The molecule has 0 aromatic heterocycles. The minimum Gasteiger partial charge on any atom is -0.123 e. The monoisotopic (exact) mass is 172 g/mol. The minimum absolute atomic E-state index is 0.405. The largest absolute Gasteiger partial charge is 0.123 e. The summed E-state index contributed by atoms with van der Waals surface area (Å²) in [4.78, 5) is 0. The van der Waals surface area contributed by atoms with E-state index in [2.05, 4.69) is 19.9 Å². The molecular weight excluding hydrogens is 156 g/mol. The second-order valence-corrected chi connectivity index (χ2v) is 4.08. The molecule has 0 saturated carbocycles. The Morgan fingerprint density at radius 1 is 1.73 bits per heavy atom. The van der Waals surface area contributed by atoms with Gasteiger partial charge in [0, 0.05) is 5.38 Å². The van der Waals surface area contributed by atoms with Crippen LogP contribution in [-0.4, -0.2) is 5.38 Å². The number of halogens is 1. The molecule has 0 bridgehead atoms. The average Bonchev–Trinajstić information content (AvgIpc) is 2.05. The summed E-state index contributed by atoms with van der Waals surface area (Å²) in [6, 6.07) is 0. The van der Waals surface area contributed by atoms with Crippen molar-refractivity contribution in [3.63, 3.8) is 0 Å². The molecule has 1 heteroatoms. The molecular formula is C10H17Cl. The van der Waals surface area contributed by atoms with Crippen LogP contribution in [0, 0.1) is 5.92 Å². The molecule has 0 spiro atoms. The van der Waals surface area contributed by atoms with Gasteiger partial charge in [0.2, 0.25) is 0 Å². The zero-order valence-corrected chi connectivity index (χ0v) is 8.19. The van der Waals surface area contributed by atoms with Crippen LogP contribution in [0.25, 0.3) is 0 Å². The van der Waals surface area contributed by atoms with Crippen molar-refractivity contribution in [3.05, 3.63) is 11.6 Å². The molecule has 0 heterocycles. The summed E-state index contributed by atoms with van der Waals surface area (Å²) in [6.45, 7) is 4.55. The lowest BCUT2D eigenvalue weighted by Crippen LogP contribution is -2.08. The van der Waals surface area contributed by atoms with E-state index in [0.717, 1.165) is 12.3 Å². The fourth-order valence-electron chi connectivity index (χ4n) is 1.53. The first-order chi connectivity index (χ1) is 5.24. The highest BCUT2D eigenvalue weighted by atomic mass is 35.5. The molecule has 0 aromatic rings. The van der Waals surface area contributed by atoms with Crippen molar-refractivity contribution >= 4 is 11.6 Å². The SMILES string of the molecule is CCC(C)C1=CCC(Cl)CC1. The molecule has 2 unspecified atom stereocenters. The van der Waals surface area contributed by atoms with Gasteiger partial charge in [-0.25, -0.2) is 0 Å². The summed E-state index contributed by atoms with van der Waals surface area (Å²) in [5.41, 5.74) is 1.63. The van der Waals surface area contributed by atoms with Gasteiger partial charge >= 0.3 is 0 Å². The quantitative estimate of drug-likeness (QED) is 0.440. The van der Waals surface area contributed by atoms with Gasteiger partial charge in [-0.1, -0.05) is 25.5 Å². The van der Waals surface area contributed by atoms with Gasteiger partial charge in [-0.15, -0.1) is 11.6 Å². The van der Waals surface area contributed by atoms with E-state index in [-0.39, 0.29) is 0 Å². The van der Waals surface area contributed by atoms with E-state index in [1.54, 1.807) is 5.57 Å². The van der Waals surface area contributed by atoms with Crippen molar-refractivity contribution in [1.29, 1.82) is 0 Å². The van der Waals surface area contributed by atoms with Crippen LogP contribution in [0.15, 0.2) is 11.6 Å². The van der Waals surface area contributed by atoms with E-state index in [1.165, 1.54) is 19.3 Å². The third-order valence-electron chi connectivity index (χ3n) is 2.63. The van der Waals surface area contributed by atoms with Gasteiger partial charge in [0.05, 0.1) is 0 Å². The van der Waals surface area contributed by atoms with Crippen LogP contribution in [0.5, 0.6) is 0 Å². The summed E-state index contributed by atoms with van der Waals surface area (Å²) in [7, 11) is 0. The van der Waals surface area contributed by atoms with Gasteiger partial charge in [-0.2, -0.15) is 0 Å². The second-order valence-electron chi connectivity index (χ2n) is 3.46. The Labute approximate surface area is 74.6 Å². The van der Waals surface area contributed by atoms with Gasteiger partial charge in [-0.3, -0.25) is 0 Å². The maximum atomic E-state index is 5.99. The summed E-state index contributed by atoms with van der Waals surface area (Å²) in [6.07, 6.45) is 7.09. The van der Waals surface area contributed by atoms with Crippen LogP contribution in [0.4, 0.5) is 0 Å². The molecule has 1 aliphatic carbocycles. The first-order valence-corrected chi connectivity index (χ1v) is 5.00. The summed E-state index contributed by atoms with van der Waals surface area (Å²) in [5, 5.41) is 0.405. The van der Waals surface area contributed by atoms with Crippen LogP contribution in [0.1, 0.15) is 39.5 Å². The molecule has 0 radical (unpaired) electrons. The normalized spacial score (nSPS) is 27.9. The van der Waals surface area contributed by atoms with Crippen molar-refractivity contribution in [3.8, 4) is 0 Å². The fourth-order valence-corrected chi connectivity index (χ4v) is 1.73. The van der Waals surface area contributed by atoms with Crippen molar-refractivity contribution in [2.75, 3.05) is 0 Å². The number of alkyl halides is 1. The van der Waals surface area contributed by atoms with Crippen LogP contribution < -0.4 is 0 Å². The molecule has 0 saturated heterocycles. The van der Waals surface area contributed by atoms with Crippen molar-refractivity contribution < 1.29 is 0 Å². The van der Waals surface area contributed by atoms with Gasteiger partial charge in [0.1, 0.15) is 0 Å². The highest BCUT2D eigenvalue weighted by Crippen LogP contribution is 2.28. The topological polar surface area (TPSA) is 0 Å². The minimum atomic E-state index is 0.405. The number of rotatable bonds is 2. The third kappa shape index (κ3) is 2.52. The Kier molecular flexibility index (Phi) is 3.45. The molecule has 1 rings (SSSR count). The van der Waals surface area contributed by atoms with E-state index >= 15 is 0 Å². The number of hydrogen-bond donors (Lipinski definition) is 0. The molecule has 2 atom stereocenters. The molecule has 0 amide bonds. The van der Waals surface area contributed by atoms with Crippen molar-refractivity contribution in [1.82, 2.24) is 0 Å². The van der Waals surface area contributed by atoms with Crippen LogP contribution >= 0.6 is 11.6 Å². The predicted octanol–water partition coefficient (Wildman–Crippen LogP) is 3.75. The molecule has 11 heavy (non-hydrogen) atoms. The zero-order chi connectivity index (χ0) is 8.27. The molecule has 0 aliphatic heterocycles. The number of hydrogen-bond acceptors (Lipinski definition) is 0. The Hall–Kier alpha value is 0.0300. The lowest BCUT2D eigenvalue weighted by molar-refractivity contribution is 0.576. The van der Waals surface area contributed by atoms with Crippen molar-refractivity contribution in [2.45, 2.75) is 44.9 Å². The van der Waals surface area contributed by atoms with E-state index < -0.39 is 0 Å². The predicted molar refractivity (Wildman–Crippen MR) is 51.0 cm³/mol. The van der Waals surface area contributed by atoms with Crippen LogP contribution in [0.3, 0.4) is 0 Å². The smallest absolute Gasteiger partial charge is 0.0373 e. The highest BCUT2D eigenvalue weighted by Gasteiger charge is 2.14. The van der Waals surface area contributed by atoms with E-state index in [1.807, 2.05) is 0 Å². The van der Waals surface area contributed by atoms with Gasteiger partial charge < -0.3 is 0 Å². The van der Waals surface area contributed by atoms with E-state index in [0.29, 0.717) is 5.38 Å². The standard InChI is InChI=1S/C10H17Cl/c1-3-8(2)9-4-6-10(11)7-5-9/h4,8,10H,3,5-7H2,1-2H3. The Morgan fingerprint density at radius 2 is 2.45 bits per heavy atom. The third-order valence-corrected chi connectivity index (χ3v) is 3.02. The van der Waals surface area contributed by atoms with E-state index in [9.17, 15) is 0 Å². The molecule has 0 fully saturated rings. The maximum absolute atomic E-state index is 5.99. The van der Waals surface area contributed by atoms with Gasteiger partial charge in [0.15, 0.2) is 0 Å². The molecule has 1 aliphatic rings. The summed E-state index contributed by atoms with van der Waals surface area (Å²) in [5.74, 6) is 0.777. The molecule has 0 aromatic carbocycles. The van der Waals surface area contributed by atoms with Gasteiger partial charge in [-0.05, 0) is 31.6 Å². The lowest BCUT2D eigenvalue weighted by atomic mass is 9.89. The first-order valence-electron chi connectivity index (χ1n) is 4.57. The van der Waals surface area contributed by atoms with Gasteiger partial charge in [0.25, 0.3) is 0 Å². The maximum Gasteiger partial charge on any atom is 0.0373 e. The first kappa shape index (κ1) is 9.12. The average molecular weight is 173 g/mol. The van der Waals surface area contributed by atoms with E-state index in [4.69, 9.17) is 11.6 Å².